The molecule has 1 atom stereocenters. The van der Waals surface area contributed by atoms with Crippen LogP contribution in [-0.4, -0.2) is 29.1 Å². The first kappa shape index (κ1) is 15.4. The summed E-state index contributed by atoms with van der Waals surface area (Å²) >= 11 is 4.27. The highest BCUT2D eigenvalue weighted by molar-refractivity contribution is 9.11. The first-order chi connectivity index (χ1) is 8.85. The van der Waals surface area contributed by atoms with Crippen LogP contribution in [-0.2, 0) is 4.79 Å². The predicted molar refractivity (Wildman–Crippen MR) is 74.4 cm³/mol. The molecule has 1 aromatic rings. The van der Waals surface area contributed by atoms with Crippen LogP contribution >= 0.6 is 27.3 Å². The first-order valence-corrected chi connectivity index (χ1v) is 6.85. The van der Waals surface area contributed by atoms with Gasteiger partial charge in [-0.25, -0.2) is 4.79 Å². The number of halogens is 1. The SMILES string of the molecule is CCC(NC(=O)O)C(=O)Nc1cc(Br)sc1C(N)=O. The molecule has 5 N–H and O–H groups in total. The Kier molecular flexibility index (Phi) is 5.31. The van der Waals surface area contributed by atoms with E-state index in [-0.39, 0.29) is 17.0 Å². The van der Waals surface area contributed by atoms with E-state index in [1.807, 2.05) is 0 Å². The summed E-state index contributed by atoms with van der Waals surface area (Å²) in [4.78, 5) is 33.8. The Balaban J connectivity index is 2.86. The van der Waals surface area contributed by atoms with E-state index in [9.17, 15) is 14.4 Å². The number of nitrogens with two attached hydrogens (primary N) is 1. The summed E-state index contributed by atoms with van der Waals surface area (Å²) in [6.45, 7) is 1.67. The topological polar surface area (TPSA) is 122 Å². The van der Waals surface area contributed by atoms with Gasteiger partial charge in [-0.2, -0.15) is 0 Å². The van der Waals surface area contributed by atoms with Crippen LogP contribution in [0.2, 0.25) is 0 Å². The minimum atomic E-state index is -1.29. The fraction of sp³-hybridized carbons (Fsp3) is 0.300. The molecule has 19 heavy (non-hydrogen) atoms. The van der Waals surface area contributed by atoms with Crippen molar-refractivity contribution in [2.24, 2.45) is 5.73 Å². The second-order valence-electron chi connectivity index (χ2n) is 3.56. The fourth-order valence-electron chi connectivity index (χ4n) is 1.36. The number of anilines is 1. The molecule has 9 heteroatoms. The lowest BCUT2D eigenvalue weighted by molar-refractivity contribution is -0.118. The highest BCUT2D eigenvalue weighted by Gasteiger charge is 2.21. The maximum atomic E-state index is 11.9. The zero-order chi connectivity index (χ0) is 14.6. The zero-order valence-electron chi connectivity index (χ0n) is 9.90. The standard InChI is InChI=1S/C10H12BrN3O4S/c1-2-4(14-10(17)18)9(16)13-5-3-6(11)19-7(5)8(12)15/h3-4,14H,2H2,1H3,(H2,12,15)(H,13,16)(H,17,18). The molecule has 104 valence electrons. The molecule has 1 heterocycles. The molecule has 1 unspecified atom stereocenters. The van der Waals surface area contributed by atoms with E-state index in [1.54, 1.807) is 6.92 Å². The molecule has 3 amide bonds. The number of hydrogen-bond donors (Lipinski definition) is 4. The number of hydrogen-bond acceptors (Lipinski definition) is 4. The lowest BCUT2D eigenvalue weighted by Crippen LogP contribution is -2.42. The Hall–Kier alpha value is -1.61. The van der Waals surface area contributed by atoms with Crippen molar-refractivity contribution < 1.29 is 19.5 Å². The van der Waals surface area contributed by atoms with E-state index < -0.39 is 23.9 Å². The number of carboxylic acid groups (broad SMARTS) is 1. The van der Waals surface area contributed by atoms with Gasteiger partial charge in [-0.3, -0.25) is 9.59 Å². The van der Waals surface area contributed by atoms with Crippen LogP contribution in [0.3, 0.4) is 0 Å². The van der Waals surface area contributed by atoms with Crippen molar-refractivity contribution in [1.29, 1.82) is 0 Å². The normalized spacial score (nSPS) is 11.7. The number of carbonyl (C=O) groups excluding carboxylic acids is 2. The molecule has 0 bridgehead atoms. The van der Waals surface area contributed by atoms with E-state index >= 15 is 0 Å². The van der Waals surface area contributed by atoms with Crippen molar-refractivity contribution in [2.45, 2.75) is 19.4 Å². The third kappa shape index (κ3) is 4.21. The summed E-state index contributed by atoms with van der Waals surface area (Å²) in [5, 5.41) is 13.2. The van der Waals surface area contributed by atoms with E-state index in [1.165, 1.54) is 6.07 Å². The molecule has 7 nitrogen and oxygen atoms in total. The van der Waals surface area contributed by atoms with Crippen LogP contribution in [0.1, 0.15) is 23.0 Å². The van der Waals surface area contributed by atoms with Crippen molar-refractivity contribution in [1.82, 2.24) is 5.32 Å². The Morgan fingerprint density at radius 2 is 2.16 bits per heavy atom. The average Bonchev–Trinajstić information content (AvgIpc) is 2.66. The van der Waals surface area contributed by atoms with Gasteiger partial charge in [0.15, 0.2) is 0 Å². The van der Waals surface area contributed by atoms with Gasteiger partial charge in [-0.05, 0) is 28.4 Å². The van der Waals surface area contributed by atoms with Gasteiger partial charge < -0.3 is 21.5 Å². The molecule has 0 aliphatic rings. The highest BCUT2D eigenvalue weighted by atomic mass is 79.9. The quantitative estimate of drug-likeness (QED) is 0.644. The van der Waals surface area contributed by atoms with Crippen LogP contribution in [0.25, 0.3) is 0 Å². The largest absolute Gasteiger partial charge is 0.465 e. The van der Waals surface area contributed by atoms with E-state index in [0.717, 1.165) is 11.3 Å². The van der Waals surface area contributed by atoms with Crippen LogP contribution in [0, 0.1) is 0 Å². The number of nitrogens with one attached hydrogen (secondary N) is 2. The van der Waals surface area contributed by atoms with Crippen LogP contribution in [0.4, 0.5) is 10.5 Å². The minimum Gasteiger partial charge on any atom is -0.465 e. The van der Waals surface area contributed by atoms with Crippen molar-refractivity contribution in [3.63, 3.8) is 0 Å². The molecule has 0 aromatic carbocycles. The summed E-state index contributed by atoms with van der Waals surface area (Å²) < 4.78 is 0.635. The van der Waals surface area contributed by atoms with Crippen molar-refractivity contribution in [3.05, 3.63) is 14.7 Å². The van der Waals surface area contributed by atoms with E-state index in [0.29, 0.717) is 3.79 Å². The van der Waals surface area contributed by atoms with Crippen molar-refractivity contribution >= 4 is 50.9 Å². The van der Waals surface area contributed by atoms with Crippen LogP contribution in [0.5, 0.6) is 0 Å². The first-order valence-electron chi connectivity index (χ1n) is 5.24. The van der Waals surface area contributed by atoms with Gasteiger partial charge in [0, 0.05) is 0 Å². The maximum Gasteiger partial charge on any atom is 0.405 e. The lowest BCUT2D eigenvalue weighted by atomic mass is 10.2. The Labute approximate surface area is 121 Å². The molecular formula is C10H12BrN3O4S. The summed E-state index contributed by atoms with van der Waals surface area (Å²) in [5.41, 5.74) is 5.45. The highest BCUT2D eigenvalue weighted by Crippen LogP contribution is 2.31. The van der Waals surface area contributed by atoms with E-state index in [4.69, 9.17) is 10.8 Å². The van der Waals surface area contributed by atoms with Gasteiger partial charge in [0.05, 0.1) is 9.47 Å². The Morgan fingerprint density at radius 1 is 1.53 bits per heavy atom. The van der Waals surface area contributed by atoms with Gasteiger partial charge >= 0.3 is 6.09 Å². The maximum absolute atomic E-state index is 11.9. The van der Waals surface area contributed by atoms with Gasteiger partial charge in [-0.1, -0.05) is 6.92 Å². The van der Waals surface area contributed by atoms with Gasteiger partial charge in [0.2, 0.25) is 5.91 Å². The van der Waals surface area contributed by atoms with Gasteiger partial charge in [-0.15, -0.1) is 11.3 Å². The molecule has 0 radical (unpaired) electrons. The molecule has 0 fully saturated rings. The number of amides is 3. The summed E-state index contributed by atoms with van der Waals surface area (Å²) in [6.07, 6.45) is -1.00. The van der Waals surface area contributed by atoms with Crippen molar-refractivity contribution in [2.75, 3.05) is 5.32 Å². The third-order valence-electron chi connectivity index (χ3n) is 2.21. The number of primary amides is 1. The van der Waals surface area contributed by atoms with Crippen LogP contribution < -0.4 is 16.4 Å². The number of thiophene rings is 1. The minimum absolute atomic E-state index is 0.199. The van der Waals surface area contributed by atoms with Crippen LogP contribution in [0.15, 0.2) is 9.85 Å². The molecule has 0 spiro atoms. The number of rotatable bonds is 5. The van der Waals surface area contributed by atoms with Crippen molar-refractivity contribution in [3.8, 4) is 0 Å². The molecule has 0 aliphatic carbocycles. The molecular weight excluding hydrogens is 338 g/mol. The van der Waals surface area contributed by atoms with Gasteiger partial charge in [0.25, 0.3) is 5.91 Å². The number of carbonyl (C=O) groups is 3. The lowest BCUT2D eigenvalue weighted by Gasteiger charge is -2.14. The molecule has 0 saturated carbocycles. The third-order valence-corrected chi connectivity index (χ3v) is 3.86. The second-order valence-corrected chi connectivity index (χ2v) is 5.99. The Bertz CT molecular complexity index is 517. The monoisotopic (exact) mass is 349 g/mol. The molecule has 1 aromatic heterocycles. The second kappa shape index (κ2) is 6.53. The summed E-state index contributed by atoms with van der Waals surface area (Å²) in [5.74, 6) is -1.21. The Morgan fingerprint density at radius 3 is 2.63 bits per heavy atom. The smallest absolute Gasteiger partial charge is 0.405 e. The zero-order valence-corrected chi connectivity index (χ0v) is 12.3. The molecule has 0 saturated heterocycles. The van der Waals surface area contributed by atoms with Gasteiger partial charge in [0.1, 0.15) is 10.9 Å². The molecule has 1 rings (SSSR count). The predicted octanol–water partition coefficient (Wildman–Crippen LogP) is 1.59. The van der Waals surface area contributed by atoms with E-state index in [2.05, 4.69) is 26.6 Å². The average molecular weight is 350 g/mol. The fourth-order valence-corrected chi connectivity index (χ4v) is 2.77. The summed E-state index contributed by atoms with van der Waals surface area (Å²) in [6, 6.07) is 0.646. The summed E-state index contributed by atoms with van der Waals surface area (Å²) in [7, 11) is 0. The molecule has 0 aliphatic heterocycles.